The van der Waals surface area contributed by atoms with Gasteiger partial charge in [-0.1, -0.05) is 0 Å². The number of hydrogen-bond acceptors (Lipinski definition) is 8. The molecule has 0 radical (unpaired) electrons. The number of benzene rings is 1. The van der Waals surface area contributed by atoms with E-state index in [1.54, 1.807) is 24.3 Å². The van der Waals surface area contributed by atoms with Crippen LogP contribution in [-0.4, -0.2) is 44.1 Å². The molecule has 1 rings (SSSR count). The lowest BCUT2D eigenvalue weighted by molar-refractivity contribution is -0.135. The van der Waals surface area contributed by atoms with Gasteiger partial charge in [-0.2, -0.15) is 5.10 Å². The molecule has 8 heteroatoms. The van der Waals surface area contributed by atoms with Crippen molar-refractivity contribution in [1.29, 1.82) is 0 Å². The van der Waals surface area contributed by atoms with Crippen LogP contribution in [0.15, 0.2) is 41.2 Å². The molecule has 1 aromatic rings. The number of carbonyl (C=O) groups is 2. The van der Waals surface area contributed by atoms with Gasteiger partial charge in [0, 0.05) is 0 Å². The Morgan fingerprint density at radius 1 is 1.14 bits per heavy atom. The summed E-state index contributed by atoms with van der Waals surface area (Å²) in [7, 11) is 3.79. The molecular formula is C14H16N2O6. The lowest BCUT2D eigenvalue weighted by atomic mass is 10.3. The number of aliphatic hydroxyl groups is 1. The predicted molar refractivity (Wildman–Crippen MR) is 78.8 cm³/mol. The number of anilines is 1. The fourth-order valence-electron chi connectivity index (χ4n) is 1.33. The minimum Gasteiger partial charge on any atom is -0.505 e. The second-order valence-corrected chi connectivity index (χ2v) is 3.85. The molecule has 22 heavy (non-hydrogen) atoms. The molecule has 0 atom stereocenters. The van der Waals surface area contributed by atoms with Gasteiger partial charge in [-0.25, -0.2) is 9.59 Å². The number of ether oxygens (including phenoxy) is 3. The van der Waals surface area contributed by atoms with Gasteiger partial charge < -0.3 is 19.3 Å². The smallest absolute Gasteiger partial charge is 0.362 e. The molecular weight excluding hydrogens is 292 g/mol. The fourth-order valence-corrected chi connectivity index (χ4v) is 1.33. The molecule has 0 saturated heterocycles. The van der Waals surface area contributed by atoms with Gasteiger partial charge in [0.05, 0.1) is 33.1 Å². The van der Waals surface area contributed by atoms with E-state index >= 15 is 0 Å². The first-order chi connectivity index (χ1) is 10.5. The minimum atomic E-state index is -0.918. The zero-order valence-electron chi connectivity index (χ0n) is 12.3. The Morgan fingerprint density at radius 3 is 2.27 bits per heavy atom. The molecule has 0 unspecified atom stereocenters. The lowest BCUT2D eigenvalue weighted by Crippen LogP contribution is -2.20. The zero-order chi connectivity index (χ0) is 16.5. The van der Waals surface area contributed by atoms with Gasteiger partial charge in [0.25, 0.3) is 0 Å². The number of hydrazone groups is 1. The maximum Gasteiger partial charge on any atom is 0.362 e. The van der Waals surface area contributed by atoms with Gasteiger partial charge in [-0.15, -0.1) is 0 Å². The van der Waals surface area contributed by atoms with Gasteiger partial charge in [-0.05, 0) is 24.3 Å². The van der Waals surface area contributed by atoms with E-state index in [1.807, 2.05) is 0 Å². The first-order valence-corrected chi connectivity index (χ1v) is 6.06. The van der Waals surface area contributed by atoms with Crippen molar-refractivity contribution in [2.24, 2.45) is 5.10 Å². The summed E-state index contributed by atoms with van der Waals surface area (Å²) in [5.41, 5.74) is 2.63. The molecule has 0 aliphatic carbocycles. The van der Waals surface area contributed by atoms with E-state index in [9.17, 15) is 14.7 Å². The van der Waals surface area contributed by atoms with E-state index in [-0.39, 0.29) is 0 Å². The highest BCUT2D eigenvalue weighted by molar-refractivity contribution is 6.43. The standard InChI is InChI=1S/C14H16N2O6/c1-20-10-6-4-9(5-7-10)15-16-13(14(19)22-3)11(17)8-12(18)21-2/h4-8,15,17H,1-3H3/b11-8-,16-13+. The van der Waals surface area contributed by atoms with E-state index in [0.717, 1.165) is 14.2 Å². The molecule has 0 spiro atoms. The quantitative estimate of drug-likeness (QED) is 0.268. The number of rotatable bonds is 6. The highest BCUT2D eigenvalue weighted by Gasteiger charge is 2.18. The van der Waals surface area contributed by atoms with Crippen LogP contribution < -0.4 is 10.2 Å². The number of methoxy groups -OCH3 is 3. The SMILES string of the molecule is COC(=O)/C=C(O)/C(=N\Nc1ccc(OC)cc1)C(=O)OC. The summed E-state index contributed by atoms with van der Waals surface area (Å²) >= 11 is 0. The van der Waals surface area contributed by atoms with Crippen LogP contribution in [0.2, 0.25) is 0 Å². The molecule has 0 saturated carbocycles. The van der Waals surface area contributed by atoms with Crippen LogP contribution in [0.5, 0.6) is 5.75 Å². The second-order valence-electron chi connectivity index (χ2n) is 3.85. The number of nitrogens with one attached hydrogen (secondary N) is 1. The third-order valence-electron chi connectivity index (χ3n) is 2.46. The number of aliphatic hydroxyl groups excluding tert-OH is 1. The van der Waals surface area contributed by atoms with Gasteiger partial charge >= 0.3 is 11.9 Å². The Morgan fingerprint density at radius 2 is 1.77 bits per heavy atom. The van der Waals surface area contributed by atoms with Crippen molar-refractivity contribution < 1.29 is 28.9 Å². The monoisotopic (exact) mass is 308 g/mol. The number of nitrogens with zero attached hydrogens (tertiary/aromatic N) is 1. The number of carbonyl (C=O) groups excluding carboxylic acids is 2. The first-order valence-electron chi connectivity index (χ1n) is 6.06. The Balaban J connectivity index is 2.98. The fraction of sp³-hybridized carbons (Fsp3) is 0.214. The number of hydrogen-bond donors (Lipinski definition) is 2. The molecule has 0 bridgehead atoms. The Hall–Kier alpha value is -3.03. The van der Waals surface area contributed by atoms with Crippen molar-refractivity contribution >= 4 is 23.3 Å². The Labute approximate surface area is 127 Å². The largest absolute Gasteiger partial charge is 0.505 e. The first kappa shape index (κ1) is 17.0. The maximum atomic E-state index is 11.6. The summed E-state index contributed by atoms with van der Waals surface area (Å²) in [5.74, 6) is -1.78. The molecule has 0 aliphatic rings. The summed E-state index contributed by atoms with van der Waals surface area (Å²) < 4.78 is 13.9. The topological polar surface area (TPSA) is 106 Å². The molecule has 118 valence electrons. The summed E-state index contributed by atoms with van der Waals surface area (Å²) in [6.07, 6.45) is 0.714. The average Bonchev–Trinajstić information content (AvgIpc) is 2.55. The maximum absolute atomic E-state index is 11.6. The summed E-state index contributed by atoms with van der Waals surface area (Å²) in [6.45, 7) is 0. The minimum absolute atomic E-state index is 0.469. The van der Waals surface area contributed by atoms with Crippen LogP contribution in [-0.2, 0) is 19.1 Å². The van der Waals surface area contributed by atoms with Crippen molar-refractivity contribution in [2.45, 2.75) is 0 Å². The lowest BCUT2D eigenvalue weighted by Gasteiger charge is -2.06. The second kappa shape index (κ2) is 8.30. The van der Waals surface area contributed by atoms with E-state index < -0.39 is 23.4 Å². The van der Waals surface area contributed by atoms with E-state index in [1.165, 1.54) is 7.11 Å². The molecule has 0 aromatic heterocycles. The molecule has 0 heterocycles. The van der Waals surface area contributed by atoms with Crippen molar-refractivity contribution in [3.8, 4) is 5.75 Å². The zero-order valence-corrected chi connectivity index (χ0v) is 12.3. The van der Waals surface area contributed by atoms with Crippen molar-refractivity contribution in [2.75, 3.05) is 26.8 Å². The van der Waals surface area contributed by atoms with Crippen LogP contribution in [0.25, 0.3) is 0 Å². The normalized spacial score (nSPS) is 11.6. The van der Waals surface area contributed by atoms with Gasteiger partial charge in [0.1, 0.15) is 5.75 Å². The highest BCUT2D eigenvalue weighted by atomic mass is 16.5. The Bertz CT molecular complexity index is 592. The molecule has 0 amide bonds. The summed E-state index contributed by atoms with van der Waals surface area (Å²) in [4.78, 5) is 22.7. The van der Waals surface area contributed by atoms with Crippen LogP contribution in [0.4, 0.5) is 5.69 Å². The van der Waals surface area contributed by atoms with Crippen molar-refractivity contribution in [3.05, 3.63) is 36.1 Å². The van der Waals surface area contributed by atoms with Gasteiger partial charge in [0.15, 0.2) is 5.76 Å². The van der Waals surface area contributed by atoms with E-state index in [0.29, 0.717) is 17.5 Å². The average molecular weight is 308 g/mol. The third kappa shape index (κ3) is 4.82. The van der Waals surface area contributed by atoms with Crippen LogP contribution in [0, 0.1) is 0 Å². The van der Waals surface area contributed by atoms with E-state index in [2.05, 4.69) is 20.0 Å². The molecule has 8 nitrogen and oxygen atoms in total. The van der Waals surface area contributed by atoms with Gasteiger partial charge in [0.2, 0.25) is 5.71 Å². The predicted octanol–water partition coefficient (Wildman–Crippen LogP) is 1.25. The van der Waals surface area contributed by atoms with Crippen molar-refractivity contribution in [3.63, 3.8) is 0 Å². The number of esters is 2. The van der Waals surface area contributed by atoms with Crippen LogP contribution in [0.1, 0.15) is 0 Å². The third-order valence-corrected chi connectivity index (χ3v) is 2.46. The van der Waals surface area contributed by atoms with E-state index in [4.69, 9.17) is 4.74 Å². The Kier molecular flexibility index (Phi) is 6.42. The summed E-state index contributed by atoms with van der Waals surface area (Å²) in [6, 6.07) is 6.66. The van der Waals surface area contributed by atoms with Crippen molar-refractivity contribution in [1.82, 2.24) is 0 Å². The molecule has 2 N–H and O–H groups in total. The molecule has 0 aliphatic heterocycles. The van der Waals surface area contributed by atoms with Gasteiger partial charge in [-0.3, -0.25) is 5.43 Å². The summed E-state index contributed by atoms with van der Waals surface area (Å²) in [5, 5.41) is 13.5. The van der Waals surface area contributed by atoms with Crippen LogP contribution >= 0.6 is 0 Å². The molecule has 0 fully saturated rings. The van der Waals surface area contributed by atoms with Crippen LogP contribution in [0.3, 0.4) is 0 Å². The highest BCUT2D eigenvalue weighted by Crippen LogP contribution is 2.15. The molecule has 1 aromatic carbocycles.